The first-order valence-corrected chi connectivity index (χ1v) is 15.2. The van der Waals surface area contributed by atoms with Crippen molar-refractivity contribution in [2.75, 3.05) is 37.1 Å². The van der Waals surface area contributed by atoms with Crippen molar-refractivity contribution < 1.29 is 38.2 Å². The van der Waals surface area contributed by atoms with Gasteiger partial charge in [0.25, 0.3) is 5.91 Å². The van der Waals surface area contributed by atoms with Crippen molar-refractivity contribution in [1.82, 2.24) is 4.57 Å². The van der Waals surface area contributed by atoms with Gasteiger partial charge in [-0.2, -0.15) is 4.99 Å². The Labute approximate surface area is 248 Å². The zero-order valence-electron chi connectivity index (χ0n) is 22.9. The predicted molar refractivity (Wildman–Crippen MR) is 159 cm³/mol. The van der Waals surface area contributed by atoms with Gasteiger partial charge in [0.2, 0.25) is 5.91 Å². The Hall–Kier alpha value is -3.75. The van der Waals surface area contributed by atoms with Crippen LogP contribution >= 0.6 is 34.4 Å². The van der Waals surface area contributed by atoms with Crippen LogP contribution < -0.4 is 10.1 Å². The molecular formula is C27H29N3O8S3. The number of carbonyl (C=O) groups excluding carboxylic acids is 5. The van der Waals surface area contributed by atoms with Crippen LogP contribution in [0.3, 0.4) is 0 Å². The highest BCUT2D eigenvalue weighted by atomic mass is 32.2. The molecule has 0 unspecified atom stereocenters. The van der Waals surface area contributed by atoms with E-state index in [0.717, 1.165) is 33.3 Å². The fraction of sp³-hybridized carbons (Fsp3) is 0.333. The summed E-state index contributed by atoms with van der Waals surface area (Å²) in [5, 5.41) is 2.83. The average Bonchev–Trinajstić information content (AvgIpc) is 3.44. The number of hydrogen-bond acceptors (Lipinski definition) is 11. The number of methoxy groups -OCH3 is 1. The molecule has 1 N–H and O–H groups in total. The Morgan fingerprint density at radius 3 is 2.41 bits per heavy atom. The number of carbonyl (C=O) groups is 5. The number of thiazole rings is 1. The molecule has 2 amide bonds. The number of nitrogens with one attached hydrogen (secondary N) is 1. The number of amides is 2. The third kappa shape index (κ3) is 7.71. The van der Waals surface area contributed by atoms with Crippen molar-refractivity contribution in [3.05, 3.63) is 57.2 Å². The monoisotopic (exact) mass is 619 g/mol. The summed E-state index contributed by atoms with van der Waals surface area (Å²) in [6.45, 7) is 9.34. The minimum absolute atomic E-state index is 0.0779. The number of ether oxygens (including phenoxy) is 3. The number of rotatable bonds is 12. The van der Waals surface area contributed by atoms with Gasteiger partial charge in [-0.3, -0.25) is 9.59 Å². The van der Waals surface area contributed by atoms with E-state index in [0.29, 0.717) is 22.5 Å². The molecule has 0 aliphatic carbocycles. The van der Waals surface area contributed by atoms with Crippen molar-refractivity contribution in [3.8, 4) is 0 Å². The average molecular weight is 620 g/mol. The number of aromatic nitrogens is 1. The number of thiophene rings is 1. The highest BCUT2D eigenvalue weighted by molar-refractivity contribution is 8.00. The molecule has 0 saturated carbocycles. The molecule has 0 saturated heterocycles. The van der Waals surface area contributed by atoms with Gasteiger partial charge in [-0.25, -0.2) is 14.4 Å². The molecule has 14 heteroatoms. The molecule has 0 radical (unpaired) electrons. The first-order chi connectivity index (χ1) is 19.6. The molecule has 218 valence electrons. The van der Waals surface area contributed by atoms with Gasteiger partial charge < -0.3 is 24.1 Å². The van der Waals surface area contributed by atoms with Crippen LogP contribution in [-0.2, 0) is 30.3 Å². The molecule has 3 rings (SSSR count). The largest absolute Gasteiger partial charge is 0.465 e. The molecule has 0 aliphatic heterocycles. The number of fused-ring (bicyclic) bond motifs is 1. The first-order valence-electron chi connectivity index (χ1n) is 12.4. The molecule has 11 nitrogen and oxygen atoms in total. The summed E-state index contributed by atoms with van der Waals surface area (Å²) in [6.07, 6.45) is 1.67. The molecule has 2 aromatic heterocycles. The fourth-order valence-corrected chi connectivity index (χ4v) is 6.48. The number of benzene rings is 1. The van der Waals surface area contributed by atoms with Crippen LogP contribution in [-0.4, -0.2) is 66.1 Å². The highest BCUT2D eigenvalue weighted by Crippen LogP contribution is 2.34. The number of allylic oxidation sites excluding steroid dienone is 1. The van der Waals surface area contributed by atoms with Crippen LogP contribution in [0.5, 0.6) is 0 Å². The van der Waals surface area contributed by atoms with Gasteiger partial charge in [0.15, 0.2) is 4.80 Å². The van der Waals surface area contributed by atoms with E-state index in [1.54, 1.807) is 49.6 Å². The van der Waals surface area contributed by atoms with Crippen LogP contribution in [0.4, 0.5) is 5.00 Å². The quantitative estimate of drug-likeness (QED) is 0.179. The number of anilines is 1. The van der Waals surface area contributed by atoms with E-state index in [4.69, 9.17) is 14.2 Å². The summed E-state index contributed by atoms with van der Waals surface area (Å²) in [6, 6.07) is 5.07. The Bertz CT molecular complexity index is 1570. The summed E-state index contributed by atoms with van der Waals surface area (Å²) in [5.41, 5.74) is 1.62. The van der Waals surface area contributed by atoms with Crippen LogP contribution in [0.2, 0.25) is 0 Å². The summed E-state index contributed by atoms with van der Waals surface area (Å²) in [4.78, 5) is 66.9. The lowest BCUT2D eigenvalue weighted by Crippen LogP contribution is -2.19. The SMILES string of the molecule is C=CCn1c(=NC(=O)CSCC(=O)Nc2sc(C(=O)OCC)c(C)c2C(=O)OCC)sc2cc(C(=O)OC)ccc21. The normalized spacial score (nSPS) is 11.3. The second-order valence-electron chi connectivity index (χ2n) is 8.21. The van der Waals surface area contributed by atoms with E-state index in [1.807, 2.05) is 0 Å². The maximum Gasteiger partial charge on any atom is 0.348 e. The Balaban J connectivity index is 1.72. The Kier molecular flexibility index (Phi) is 11.4. The van der Waals surface area contributed by atoms with Crippen molar-refractivity contribution >= 4 is 79.4 Å². The third-order valence-electron chi connectivity index (χ3n) is 5.43. The van der Waals surface area contributed by atoms with Gasteiger partial charge in [0, 0.05) is 6.54 Å². The van der Waals surface area contributed by atoms with Crippen LogP contribution in [0.15, 0.2) is 35.8 Å². The van der Waals surface area contributed by atoms with Gasteiger partial charge in [-0.05, 0) is 44.5 Å². The first kappa shape index (κ1) is 31.8. The molecule has 0 spiro atoms. The standard InChI is InChI=1S/C27H29N3O8S3/c1-6-11-30-17-10-9-16(24(33)36-5)12-18(17)40-27(30)29-20(32)14-39-13-19(31)28-23-21(25(34)37-7-2)15(4)22(41-23)26(35)38-8-3/h6,9-10,12H,1,7-8,11,13-14H2,2-5H3,(H,28,31). The minimum Gasteiger partial charge on any atom is -0.465 e. The van der Waals surface area contributed by atoms with Crippen LogP contribution in [0.1, 0.15) is 49.8 Å². The molecule has 2 heterocycles. The summed E-state index contributed by atoms with van der Waals surface area (Å²) in [5.74, 6) is -2.83. The van der Waals surface area contributed by atoms with E-state index in [1.165, 1.54) is 18.4 Å². The lowest BCUT2D eigenvalue weighted by atomic mass is 10.1. The summed E-state index contributed by atoms with van der Waals surface area (Å²) < 4.78 is 17.5. The molecule has 41 heavy (non-hydrogen) atoms. The predicted octanol–water partition coefficient (Wildman–Crippen LogP) is 4.20. The molecule has 0 atom stereocenters. The second kappa shape index (κ2) is 14.8. The van der Waals surface area contributed by atoms with E-state index in [2.05, 4.69) is 16.9 Å². The van der Waals surface area contributed by atoms with E-state index in [-0.39, 0.29) is 40.2 Å². The molecule has 3 aromatic rings. The van der Waals surface area contributed by atoms with E-state index < -0.39 is 29.7 Å². The highest BCUT2D eigenvalue weighted by Gasteiger charge is 2.27. The maximum atomic E-state index is 12.7. The van der Waals surface area contributed by atoms with Crippen molar-refractivity contribution in [1.29, 1.82) is 0 Å². The molecule has 0 aliphatic rings. The Morgan fingerprint density at radius 2 is 1.76 bits per heavy atom. The molecule has 1 aromatic carbocycles. The number of esters is 3. The van der Waals surface area contributed by atoms with Crippen molar-refractivity contribution in [2.24, 2.45) is 4.99 Å². The molecular weight excluding hydrogens is 591 g/mol. The fourth-order valence-electron chi connectivity index (χ4n) is 3.68. The summed E-state index contributed by atoms with van der Waals surface area (Å²) >= 11 is 3.22. The second-order valence-corrected chi connectivity index (χ2v) is 11.2. The van der Waals surface area contributed by atoms with Gasteiger partial charge >= 0.3 is 17.9 Å². The molecule has 0 bridgehead atoms. The maximum absolute atomic E-state index is 12.7. The smallest absolute Gasteiger partial charge is 0.348 e. The zero-order valence-corrected chi connectivity index (χ0v) is 25.4. The van der Waals surface area contributed by atoms with Crippen molar-refractivity contribution in [3.63, 3.8) is 0 Å². The van der Waals surface area contributed by atoms with Crippen molar-refractivity contribution in [2.45, 2.75) is 27.3 Å². The van der Waals surface area contributed by atoms with Crippen LogP contribution in [0, 0.1) is 6.92 Å². The summed E-state index contributed by atoms with van der Waals surface area (Å²) in [7, 11) is 1.30. The Morgan fingerprint density at radius 1 is 1.05 bits per heavy atom. The zero-order chi connectivity index (χ0) is 30.1. The van der Waals surface area contributed by atoms with Gasteiger partial charge in [-0.15, -0.1) is 29.7 Å². The number of hydrogen-bond donors (Lipinski definition) is 1. The number of nitrogens with zero attached hydrogens (tertiary/aromatic N) is 2. The lowest BCUT2D eigenvalue weighted by molar-refractivity contribution is -0.115. The van der Waals surface area contributed by atoms with Gasteiger partial charge in [0.1, 0.15) is 9.88 Å². The minimum atomic E-state index is -0.663. The van der Waals surface area contributed by atoms with Crippen LogP contribution in [0.25, 0.3) is 10.2 Å². The van der Waals surface area contributed by atoms with Gasteiger partial charge in [-0.1, -0.05) is 17.4 Å². The molecule has 0 fully saturated rings. The lowest BCUT2D eigenvalue weighted by Gasteiger charge is -2.07. The van der Waals surface area contributed by atoms with Gasteiger partial charge in [0.05, 0.1) is 53.2 Å². The number of thioether (sulfide) groups is 1. The topological polar surface area (TPSA) is 142 Å². The van der Waals surface area contributed by atoms with E-state index in [9.17, 15) is 24.0 Å². The van der Waals surface area contributed by atoms with E-state index >= 15 is 0 Å². The third-order valence-corrected chi connectivity index (χ3v) is 8.58.